The van der Waals surface area contributed by atoms with Crippen LogP contribution in [-0.4, -0.2) is 53.6 Å². The van der Waals surface area contributed by atoms with Crippen molar-refractivity contribution in [3.63, 3.8) is 0 Å². The van der Waals surface area contributed by atoms with Crippen LogP contribution < -0.4 is 12.4 Å². The Bertz CT molecular complexity index is 223. The van der Waals surface area contributed by atoms with E-state index in [0.29, 0.717) is 0 Å². The van der Waals surface area contributed by atoms with Gasteiger partial charge in [0, 0.05) is 0 Å². The van der Waals surface area contributed by atoms with Crippen LogP contribution in [0.2, 0.25) is 0 Å². The van der Waals surface area contributed by atoms with Crippen molar-refractivity contribution in [2.45, 2.75) is 90.8 Å². The van der Waals surface area contributed by atoms with Crippen molar-refractivity contribution in [1.82, 2.24) is 0 Å². The molecule has 2 atom stereocenters. The molecule has 2 unspecified atom stereocenters. The van der Waals surface area contributed by atoms with E-state index in [1.165, 1.54) is 19.3 Å². The lowest BCUT2D eigenvalue weighted by atomic mass is 10.1. The first kappa shape index (κ1) is 24.4. The van der Waals surface area contributed by atoms with E-state index in [1.807, 2.05) is 0 Å². The second-order valence-corrected chi connectivity index (χ2v) is 7.01. The molecule has 4 heteroatoms. The van der Waals surface area contributed by atoms with Gasteiger partial charge >= 0.3 is 0 Å². The average molecular weight is 338 g/mol. The standard InChI is InChI=1S/C18H40NO2.ClH/c1-5-8-11-14-19(4,15-17(20)12-9-6-2)16-18(21)13-10-7-3;/h17-18,20-21H,5-16H2,1-4H3;1H/q+1;/p-1. The van der Waals surface area contributed by atoms with Crippen LogP contribution in [0.3, 0.4) is 0 Å². The van der Waals surface area contributed by atoms with Crippen LogP contribution >= 0.6 is 0 Å². The third-order valence-corrected chi connectivity index (χ3v) is 4.39. The zero-order valence-electron chi connectivity index (χ0n) is 15.4. The van der Waals surface area contributed by atoms with Gasteiger partial charge in [-0.3, -0.25) is 0 Å². The summed E-state index contributed by atoms with van der Waals surface area (Å²) in [5, 5.41) is 20.5. The number of hydrogen-bond donors (Lipinski definition) is 2. The molecule has 136 valence electrons. The Balaban J connectivity index is 0. The van der Waals surface area contributed by atoms with Gasteiger partial charge in [-0.25, -0.2) is 0 Å². The predicted molar refractivity (Wildman–Crippen MR) is 91.4 cm³/mol. The highest BCUT2D eigenvalue weighted by molar-refractivity contribution is 4.60. The van der Waals surface area contributed by atoms with Crippen molar-refractivity contribution < 1.29 is 27.1 Å². The molecule has 0 aliphatic rings. The number of quaternary nitrogens is 1. The molecule has 3 nitrogen and oxygen atoms in total. The number of aliphatic hydroxyl groups is 2. The maximum absolute atomic E-state index is 10.3. The van der Waals surface area contributed by atoms with Gasteiger partial charge in [-0.15, -0.1) is 0 Å². The summed E-state index contributed by atoms with van der Waals surface area (Å²) in [6.45, 7) is 9.18. The van der Waals surface area contributed by atoms with Crippen molar-refractivity contribution in [2.24, 2.45) is 0 Å². The second kappa shape index (κ2) is 14.7. The monoisotopic (exact) mass is 337 g/mol. The highest BCUT2D eigenvalue weighted by Crippen LogP contribution is 2.15. The summed E-state index contributed by atoms with van der Waals surface area (Å²) in [6, 6.07) is 0. The van der Waals surface area contributed by atoms with Gasteiger partial charge in [0.15, 0.2) is 0 Å². The van der Waals surface area contributed by atoms with Gasteiger partial charge in [-0.05, 0) is 25.7 Å². The molecule has 2 N–H and O–H groups in total. The molecule has 0 saturated heterocycles. The molecule has 0 fully saturated rings. The van der Waals surface area contributed by atoms with Gasteiger partial charge in [-0.2, -0.15) is 0 Å². The smallest absolute Gasteiger partial charge is 0.105 e. The van der Waals surface area contributed by atoms with E-state index in [4.69, 9.17) is 0 Å². The van der Waals surface area contributed by atoms with E-state index in [0.717, 1.165) is 62.6 Å². The highest BCUT2D eigenvalue weighted by atomic mass is 35.5. The molecule has 0 aromatic heterocycles. The van der Waals surface area contributed by atoms with Crippen LogP contribution in [0.25, 0.3) is 0 Å². The molecular formula is C18H40ClNO2. The Morgan fingerprint density at radius 1 is 0.727 bits per heavy atom. The lowest BCUT2D eigenvalue weighted by Crippen LogP contribution is -3.00. The number of nitrogens with zero attached hydrogens (tertiary/aromatic N) is 1. The quantitative estimate of drug-likeness (QED) is 0.362. The maximum atomic E-state index is 10.3. The zero-order chi connectivity index (χ0) is 16.1. The van der Waals surface area contributed by atoms with Crippen LogP contribution in [-0.2, 0) is 0 Å². The molecule has 0 amide bonds. The molecule has 0 aliphatic heterocycles. The Morgan fingerprint density at radius 2 is 1.14 bits per heavy atom. The van der Waals surface area contributed by atoms with E-state index in [-0.39, 0.29) is 24.6 Å². The summed E-state index contributed by atoms with van der Waals surface area (Å²) in [5.41, 5.74) is 0. The number of rotatable bonds is 14. The Kier molecular flexibility index (Phi) is 16.4. The fourth-order valence-electron chi connectivity index (χ4n) is 3.08. The summed E-state index contributed by atoms with van der Waals surface area (Å²) in [7, 11) is 2.21. The van der Waals surface area contributed by atoms with Gasteiger partial charge in [-0.1, -0.05) is 52.9 Å². The van der Waals surface area contributed by atoms with E-state index < -0.39 is 0 Å². The Hall–Kier alpha value is 0.170. The SMILES string of the molecule is CCCCC[N+](C)(CC(O)CCCC)CC(O)CCCC.[Cl-]. The third-order valence-electron chi connectivity index (χ3n) is 4.39. The van der Waals surface area contributed by atoms with E-state index in [2.05, 4.69) is 27.8 Å². The first-order valence-electron chi connectivity index (χ1n) is 9.17. The number of halogens is 1. The first-order valence-corrected chi connectivity index (χ1v) is 9.17. The fraction of sp³-hybridized carbons (Fsp3) is 1.00. The lowest BCUT2D eigenvalue weighted by Gasteiger charge is -2.38. The lowest BCUT2D eigenvalue weighted by molar-refractivity contribution is -0.915. The molecule has 0 aromatic carbocycles. The van der Waals surface area contributed by atoms with Crippen LogP contribution in [0.1, 0.15) is 78.6 Å². The molecule has 0 radical (unpaired) electrons. The molecule has 0 saturated carbocycles. The van der Waals surface area contributed by atoms with Crippen LogP contribution in [0.15, 0.2) is 0 Å². The van der Waals surface area contributed by atoms with E-state index in [1.54, 1.807) is 0 Å². The van der Waals surface area contributed by atoms with Gasteiger partial charge in [0.05, 0.1) is 13.6 Å². The molecule has 0 aromatic rings. The van der Waals surface area contributed by atoms with Crippen molar-refractivity contribution >= 4 is 0 Å². The molecule has 0 spiro atoms. The minimum absolute atomic E-state index is 0. The minimum atomic E-state index is -0.227. The summed E-state index contributed by atoms with van der Waals surface area (Å²) in [4.78, 5) is 0. The second-order valence-electron chi connectivity index (χ2n) is 7.01. The molecule has 0 aliphatic carbocycles. The summed E-state index contributed by atoms with van der Waals surface area (Å²) in [6.07, 6.45) is 9.43. The van der Waals surface area contributed by atoms with Gasteiger partial charge in [0.25, 0.3) is 0 Å². The minimum Gasteiger partial charge on any atom is -1.00 e. The fourth-order valence-corrected chi connectivity index (χ4v) is 3.08. The zero-order valence-corrected chi connectivity index (χ0v) is 16.1. The van der Waals surface area contributed by atoms with Crippen molar-refractivity contribution in [3.8, 4) is 0 Å². The van der Waals surface area contributed by atoms with E-state index in [9.17, 15) is 10.2 Å². The van der Waals surface area contributed by atoms with Crippen LogP contribution in [0.4, 0.5) is 0 Å². The van der Waals surface area contributed by atoms with Crippen LogP contribution in [0, 0.1) is 0 Å². The third kappa shape index (κ3) is 12.7. The molecule has 0 bridgehead atoms. The number of aliphatic hydroxyl groups excluding tert-OH is 2. The summed E-state index contributed by atoms with van der Waals surface area (Å²) >= 11 is 0. The van der Waals surface area contributed by atoms with Crippen LogP contribution in [0.5, 0.6) is 0 Å². The Morgan fingerprint density at radius 3 is 1.50 bits per heavy atom. The largest absolute Gasteiger partial charge is 1.00 e. The highest BCUT2D eigenvalue weighted by Gasteiger charge is 2.27. The molecule has 22 heavy (non-hydrogen) atoms. The van der Waals surface area contributed by atoms with Crippen molar-refractivity contribution in [2.75, 3.05) is 26.7 Å². The molecule has 0 rings (SSSR count). The van der Waals surface area contributed by atoms with E-state index >= 15 is 0 Å². The van der Waals surface area contributed by atoms with Gasteiger partial charge < -0.3 is 27.1 Å². The number of hydrogen-bond acceptors (Lipinski definition) is 2. The number of unbranched alkanes of at least 4 members (excludes halogenated alkanes) is 4. The molecular weight excluding hydrogens is 298 g/mol. The van der Waals surface area contributed by atoms with Crippen molar-refractivity contribution in [1.29, 1.82) is 0 Å². The maximum Gasteiger partial charge on any atom is 0.105 e. The van der Waals surface area contributed by atoms with Crippen molar-refractivity contribution in [3.05, 3.63) is 0 Å². The summed E-state index contributed by atoms with van der Waals surface area (Å²) < 4.78 is 0.815. The summed E-state index contributed by atoms with van der Waals surface area (Å²) in [5.74, 6) is 0. The number of likely N-dealkylation sites (N-methyl/N-ethyl adjacent to an activating group) is 1. The first-order chi connectivity index (χ1) is 9.97. The Labute approximate surface area is 145 Å². The topological polar surface area (TPSA) is 40.5 Å². The predicted octanol–water partition coefficient (Wildman–Crippen LogP) is 0.729. The average Bonchev–Trinajstić information content (AvgIpc) is 2.43. The normalized spacial score (nSPS) is 16.6. The van der Waals surface area contributed by atoms with Gasteiger partial charge in [0.2, 0.25) is 0 Å². The van der Waals surface area contributed by atoms with Gasteiger partial charge in [0.1, 0.15) is 25.3 Å². The molecule has 0 heterocycles.